The van der Waals surface area contributed by atoms with E-state index in [2.05, 4.69) is 72.0 Å². The third-order valence-corrected chi connectivity index (χ3v) is 5.48. The molecular formula is C28H33NO3. The summed E-state index contributed by atoms with van der Waals surface area (Å²) in [5.41, 5.74) is 5.00. The second-order valence-corrected chi connectivity index (χ2v) is 8.07. The summed E-state index contributed by atoms with van der Waals surface area (Å²) in [5, 5.41) is 12.2. The summed E-state index contributed by atoms with van der Waals surface area (Å²) >= 11 is 0. The Bertz CT molecular complexity index is 928. The van der Waals surface area contributed by atoms with Gasteiger partial charge in [0.2, 0.25) is 0 Å². The van der Waals surface area contributed by atoms with Crippen molar-refractivity contribution in [2.45, 2.75) is 44.8 Å². The molecule has 2 N–H and O–H groups in total. The van der Waals surface area contributed by atoms with E-state index in [0.717, 1.165) is 31.4 Å². The van der Waals surface area contributed by atoms with Crippen molar-refractivity contribution in [3.63, 3.8) is 0 Å². The van der Waals surface area contributed by atoms with Crippen LogP contribution < -0.4 is 5.32 Å². The topological polar surface area (TPSA) is 58.6 Å². The summed E-state index contributed by atoms with van der Waals surface area (Å²) in [6.45, 7) is 2.04. The van der Waals surface area contributed by atoms with E-state index in [1.54, 1.807) is 0 Å². The molecular weight excluding hydrogens is 398 g/mol. The Labute approximate surface area is 191 Å². The van der Waals surface area contributed by atoms with Crippen LogP contribution in [0, 0.1) is 0 Å². The molecule has 0 aliphatic rings. The highest BCUT2D eigenvalue weighted by molar-refractivity contribution is 5.66. The maximum absolute atomic E-state index is 10.6. The maximum atomic E-state index is 10.6. The first-order chi connectivity index (χ1) is 15.7. The van der Waals surface area contributed by atoms with Crippen LogP contribution >= 0.6 is 0 Å². The Hall–Kier alpha value is -2.95. The molecule has 0 radical (unpaired) electrons. The van der Waals surface area contributed by atoms with E-state index in [1.807, 2.05) is 18.2 Å². The summed E-state index contributed by atoms with van der Waals surface area (Å²) in [5.74, 6) is -0.735. The Kier molecular flexibility index (Phi) is 9.97. The van der Waals surface area contributed by atoms with Crippen LogP contribution in [0.1, 0.15) is 47.6 Å². The lowest BCUT2D eigenvalue weighted by molar-refractivity contribution is -0.137. The SMILES string of the molecule is O=C(O)CCCCNCC(OCc1cccc(CCc2ccccc2)c1)c1ccccc1. The number of unbranched alkanes of at least 4 members (excludes halogenated alkanes) is 1. The summed E-state index contributed by atoms with van der Waals surface area (Å²) in [6.07, 6.45) is 3.75. The molecule has 0 fully saturated rings. The molecule has 0 aromatic heterocycles. The first-order valence-electron chi connectivity index (χ1n) is 11.4. The van der Waals surface area contributed by atoms with Gasteiger partial charge in [-0.1, -0.05) is 84.9 Å². The minimum Gasteiger partial charge on any atom is -0.481 e. The van der Waals surface area contributed by atoms with Gasteiger partial charge in [-0.15, -0.1) is 0 Å². The molecule has 0 aliphatic carbocycles. The largest absolute Gasteiger partial charge is 0.481 e. The molecule has 0 spiro atoms. The van der Waals surface area contributed by atoms with E-state index in [0.29, 0.717) is 19.6 Å². The first kappa shape index (κ1) is 23.7. The Balaban J connectivity index is 1.51. The molecule has 0 saturated carbocycles. The molecule has 4 heteroatoms. The van der Waals surface area contributed by atoms with Crippen LogP contribution in [0.5, 0.6) is 0 Å². The fourth-order valence-corrected chi connectivity index (χ4v) is 3.71. The van der Waals surface area contributed by atoms with Gasteiger partial charge in [0.05, 0.1) is 12.7 Å². The van der Waals surface area contributed by atoms with Gasteiger partial charge in [-0.2, -0.15) is 0 Å². The van der Waals surface area contributed by atoms with E-state index in [1.165, 1.54) is 16.7 Å². The highest BCUT2D eigenvalue weighted by atomic mass is 16.5. The molecule has 1 unspecified atom stereocenters. The summed E-state index contributed by atoms with van der Waals surface area (Å²) in [7, 11) is 0. The predicted molar refractivity (Wildman–Crippen MR) is 129 cm³/mol. The number of ether oxygens (including phenoxy) is 1. The minimum atomic E-state index is -0.735. The lowest BCUT2D eigenvalue weighted by Gasteiger charge is -2.19. The van der Waals surface area contributed by atoms with Gasteiger partial charge in [0.15, 0.2) is 0 Å². The van der Waals surface area contributed by atoms with Crippen molar-refractivity contribution in [1.82, 2.24) is 5.32 Å². The molecule has 0 aliphatic heterocycles. The van der Waals surface area contributed by atoms with Gasteiger partial charge in [0.1, 0.15) is 0 Å². The average Bonchev–Trinajstić information content (AvgIpc) is 2.83. The van der Waals surface area contributed by atoms with Gasteiger partial charge < -0.3 is 15.2 Å². The van der Waals surface area contributed by atoms with Crippen molar-refractivity contribution in [3.8, 4) is 0 Å². The van der Waals surface area contributed by atoms with Gasteiger partial charge in [0, 0.05) is 13.0 Å². The number of benzene rings is 3. The zero-order valence-corrected chi connectivity index (χ0v) is 18.6. The molecule has 1 atom stereocenters. The van der Waals surface area contributed by atoms with Crippen molar-refractivity contribution in [2.24, 2.45) is 0 Å². The lowest BCUT2D eigenvalue weighted by atomic mass is 10.0. The highest BCUT2D eigenvalue weighted by Crippen LogP contribution is 2.19. The van der Waals surface area contributed by atoms with Gasteiger partial charge >= 0.3 is 5.97 Å². The molecule has 0 heterocycles. The summed E-state index contributed by atoms with van der Waals surface area (Å²) in [4.78, 5) is 10.6. The fraction of sp³-hybridized carbons (Fsp3) is 0.321. The average molecular weight is 432 g/mol. The van der Waals surface area contributed by atoms with Crippen molar-refractivity contribution in [2.75, 3.05) is 13.1 Å². The zero-order chi connectivity index (χ0) is 22.4. The molecule has 4 nitrogen and oxygen atoms in total. The smallest absolute Gasteiger partial charge is 0.303 e. The van der Waals surface area contributed by atoms with E-state index in [-0.39, 0.29) is 12.5 Å². The quantitative estimate of drug-likeness (QED) is 0.328. The minimum absolute atomic E-state index is 0.0522. The van der Waals surface area contributed by atoms with Gasteiger partial charge in [0.25, 0.3) is 0 Å². The predicted octanol–water partition coefficient (Wildman–Crippen LogP) is 5.57. The van der Waals surface area contributed by atoms with Crippen LogP contribution in [0.3, 0.4) is 0 Å². The fourth-order valence-electron chi connectivity index (χ4n) is 3.71. The molecule has 3 rings (SSSR count). The van der Waals surface area contributed by atoms with Crippen molar-refractivity contribution >= 4 is 5.97 Å². The van der Waals surface area contributed by atoms with E-state index in [4.69, 9.17) is 9.84 Å². The van der Waals surface area contributed by atoms with Crippen molar-refractivity contribution in [3.05, 3.63) is 107 Å². The van der Waals surface area contributed by atoms with Gasteiger partial charge in [-0.25, -0.2) is 0 Å². The second kappa shape index (κ2) is 13.5. The van der Waals surface area contributed by atoms with Crippen LogP contribution in [-0.2, 0) is 29.0 Å². The molecule has 3 aromatic carbocycles. The van der Waals surface area contributed by atoms with E-state index < -0.39 is 5.97 Å². The van der Waals surface area contributed by atoms with Crippen LogP contribution in [0.15, 0.2) is 84.9 Å². The van der Waals surface area contributed by atoms with Crippen LogP contribution in [0.25, 0.3) is 0 Å². The number of aryl methyl sites for hydroxylation is 2. The molecule has 3 aromatic rings. The molecule has 0 saturated heterocycles. The number of nitrogens with one attached hydrogen (secondary N) is 1. The number of hydrogen-bond donors (Lipinski definition) is 2. The molecule has 32 heavy (non-hydrogen) atoms. The Morgan fingerprint density at radius 2 is 1.47 bits per heavy atom. The number of aliphatic carboxylic acids is 1. The van der Waals surface area contributed by atoms with Crippen LogP contribution in [0.2, 0.25) is 0 Å². The van der Waals surface area contributed by atoms with Crippen molar-refractivity contribution < 1.29 is 14.6 Å². The first-order valence-corrected chi connectivity index (χ1v) is 11.4. The number of carboxylic acid groups (broad SMARTS) is 1. The monoisotopic (exact) mass is 431 g/mol. The maximum Gasteiger partial charge on any atom is 0.303 e. The van der Waals surface area contributed by atoms with Crippen LogP contribution in [0.4, 0.5) is 0 Å². The Morgan fingerprint density at radius 3 is 2.22 bits per heavy atom. The number of hydrogen-bond acceptors (Lipinski definition) is 3. The van der Waals surface area contributed by atoms with Crippen molar-refractivity contribution in [1.29, 1.82) is 0 Å². The highest BCUT2D eigenvalue weighted by Gasteiger charge is 2.12. The summed E-state index contributed by atoms with van der Waals surface area (Å²) < 4.78 is 6.32. The third kappa shape index (κ3) is 8.66. The summed E-state index contributed by atoms with van der Waals surface area (Å²) in [6, 6.07) is 29.5. The number of rotatable bonds is 14. The van der Waals surface area contributed by atoms with Crippen LogP contribution in [-0.4, -0.2) is 24.2 Å². The molecule has 168 valence electrons. The number of carboxylic acids is 1. The van der Waals surface area contributed by atoms with E-state index in [9.17, 15) is 4.79 Å². The molecule has 0 bridgehead atoms. The van der Waals surface area contributed by atoms with Gasteiger partial charge in [-0.05, 0) is 54.5 Å². The Morgan fingerprint density at radius 1 is 0.812 bits per heavy atom. The second-order valence-electron chi connectivity index (χ2n) is 8.07. The van der Waals surface area contributed by atoms with Gasteiger partial charge in [-0.3, -0.25) is 4.79 Å². The van der Waals surface area contributed by atoms with E-state index >= 15 is 0 Å². The lowest BCUT2D eigenvalue weighted by Crippen LogP contribution is -2.24. The third-order valence-electron chi connectivity index (χ3n) is 5.48. The zero-order valence-electron chi connectivity index (χ0n) is 18.6. The normalized spacial score (nSPS) is 11.9. The molecule has 0 amide bonds. The number of carbonyl (C=O) groups is 1. The standard InChI is InChI=1S/C28H33NO3/c30-28(31)16-7-8-19-29-21-27(26-14-5-2-6-15-26)32-22-25-13-9-12-24(20-25)18-17-23-10-3-1-4-11-23/h1-6,9-15,20,27,29H,7-8,16-19,21-22H2,(H,30,31).